The maximum absolute atomic E-state index is 12.2. The van der Waals surface area contributed by atoms with E-state index in [1.807, 2.05) is 43.3 Å². The first-order valence-corrected chi connectivity index (χ1v) is 8.63. The zero-order valence-electron chi connectivity index (χ0n) is 13.5. The molecule has 0 saturated heterocycles. The number of nitrogens with zero attached hydrogens (tertiary/aromatic N) is 3. The third-order valence-electron chi connectivity index (χ3n) is 3.76. The van der Waals surface area contributed by atoms with Crippen molar-refractivity contribution in [2.75, 3.05) is 5.32 Å². The molecule has 4 rings (SSSR count). The number of imidazole rings is 1. The minimum Gasteiger partial charge on any atom is -0.342 e. The Morgan fingerprint density at radius 1 is 1.12 bits per heavy atom. The van der Waals surface area contributed by atoms with Gasteiger partial charge >= 0.3 is 0 Å². The van der Waals surface area contributed by atoms with Gasteiger partial charge in [0, 0.05) is 5.56 Å². The summed E-state index contributed by atoms with van der Waals surface area (Å²) in [6, 6.07) is 15.3. The Kier molecular flexibility index (Phi) is 3.99. The lowest BCUT2D eigenvalue weighted by Gasteiger charge is -2.01. The topological polar surface area (TPSA) is 83.6 Å². The van der Waals surface area contributed by atoms with E-state index >= 15 is 0 Å². The monoisotopic (exact) mass is 349 g/mol. The minimum absolute atomic E-state index is 0.188. The number of carbonyl (C=O) groups excluding carboxylic acids is 1. The van der Waals surface area contributed by atoms with E-state index in [0.29, 0.717) is 17.1 Å². The van der Waals surface area contributed by atoms with Crippen LogP contribution in [0.5, 0.6) is 0 Å². The second-order valence-corrected chi connectivity index (χ2v) is 6.76. The molecule has 0 saturated carbocycles. The van der Waals surface area contributed by atoms with Crippen molar-refractivity contribution in [1.82, 2.24) is 20.2 Å². The normalized spacial score (nSPS) is 10.9. The van der Waals surface area contributed by atoms with Crippen LogP contribution in [0.15, 0.2) is 48.5 Å². The highest BCUT2D eigenvalue weighted by atomic mass is 32.1. The fourth-order valence-electron chi connectivity index (χ4n) is 2.48. The summed E-state index contributed by atoms with van der Waals surface area (Å²) in [7, 11) is 0. The average molecular weight is 349 g/mol. The predicted molar refractivity (Wildman–Crippen MR) is 97.9 cm³/mol. The van der Waals surface area contributed by atoms with Crippen LogP contribution in [-0.2, 0) is 6.42 Å². The van der Waals surface area contributed by atoms with Crippen molar-refractivity contribution in [2.24, 2.45) is 0 Å². The fraction of sp³-hybridized carbons (Fsp3) is 0.111. The van der Waals surface area contributed by atoms with Crippen molar-refractivity contribution in [3.05, 3.63) is 70.5 Å². The van der Waals surface area contributed by atoms with Crippen molar-refractivity contribution >= 4 is 33.4 Å². The van der Waals surface area contributed by atoms with Crippen LogP contribution < -0.4 is 5.32 Å². The Morgan fingerprint density at radius 2 is 1.92 bits per heavy atom. The van der Waals surface area contributed by atoms with Gasteiger partial charge in [-0.3, -0.25) is 10.1 Å². The van der Waals surface area contributed by atoms with E-state index in [0.717, 1.165) is 27.4 Å². The van der Waals surface area contributed by atoms with Crippen molar-refractivity contribution in [2.45, 2.75) is 13.3 Å². The molecule has 25 heavy (non-hydrogen) atoms. The first-order valence-electron chi connectivity index (χ1n) is 7.81. The van der Waals surface area contributed by atoms with Gasteiger partial charge in [0.25, 0.3) is 5.91 Å². The molecule has 2 heterocycles. The van der Waals surface area contributed by atoms with Gasteiger partial charge in [0.15, 0.2) is 0 Å². The van der Waals surface area contributed by atoms with Crippen LogP contribution in [0, 0.1) is 6.92 Å². The number of aryl methyl sites for hydroxylation is 1. The second-order valence-electron chi connectivity index (χ2n) is 5.70. The molecule has 0 spiro atoms. The third kappa shape index (κ3) is 3.41. The number of aromatic amines is 1. The van der Waals surface area contributed by atoms with E-state index in [1.54, 1.807) is 12.1 Å². The highest BCUT2D eigenvalue weighted by Crippen LogP contribution is 2.20. The Bertz CT molecular complexity index is 1000. The Balaban J connectivity index is 1.46. The van der Waals surface area contributed by atoms with Crippen LogP contribution >= 0.6 is 11.3 Å². The lowest BCUT2D eigenvalue weighted by molar-refractivity contribution is 0.102. The quantitative estimate of drug-likeness (QED) is 0.590. The molecule has 1 amide bonds. The minimum atomic E-state index is -0.188. The van der Waals surface area contributed by atoms with E-state index in [4.69, 9.17) is 0 Å². The number of aromatic nitrogens is 4. The Morgan fingerprint density at radius 3 is 2.72 bits per heavy atom. The van der Waals surface area contributed by atoms with Gasteiger partial charge < -0.3 is 4.98 Å². The second kappa shape index (κ2) is 6.45. The molecule has 7 heteroatoms. The molecular weight excluding hydrogens is 334 g/mol. The van der Waals surface area contributed by atoms with Crippen molar-refractivity contribution in [3.63, 3.8) is 0 Å². The molecule has 6 nitrogen and oxygen atoms in total. The molecule has 0 unspecified atom stereocenters. The van der Waals surface area contributed by atoms with Crippen molar-refractivity contribution in [1.29, 1.82) is 0 Å². The van der Waals surface area contributed by atoms with Crippen LogP contribution in [-0.4, -0.2) is 26.1 Å². The highest BCUT2D eigenvalue weighted by Gasteiger charge is 2.12. The summed E-state index contributed by atoms with van der Waals surface area (Å²) in [4.78, 5) is 20.0. The number of anilines is 1. The standard InChI is InChI=1S/C18H15N5OS/c1-11-6-8-12(9-7-11)17(24)21-18-23-22-16(25-18)10-15-19-13-4-2-3-5-14(13)20-15/h2-9H,10H2,1H3,(H,19,20)(H,21,23,24). The van der Waals surface area contributed by atoms with E-state index in [9.17, 15) is 4.79 Å². The molecule has 0 aliphatic heterocycles. The summed E-state index contributed by atoms with van der Waals surface area (Å²) in [6.45, 7) is 1.98. The lowest BCUT2D eigenvalue weighted by Crippen LogP contribution is -2.11. The maximum atomic E-state index is 12.2. The fourth-order valence-corrected chi connectivity index (χ4v) is 3.22. The van der Waals surface area contributed by atoms with Gasteiger partial charge in [-0.1, -0.05) is 41.2 Å². The van der Waals surface area contributed by atoms with Gasteiger partial charge in [0.05, 0.1) is 17.5 Å². The van der Waals surface area contributed by atoms with Gasteiger partial charge in [-0.05, 0) is 31.2 Å². The molecule has 0 aliphatic carbocycles. The number of amides is 1. The van der Waals surface area contributed by atoms with Crippen molar-refractivity contribution in [3.8, 4) is 0 Å². The number of fused-ring (bicyclic) bond motifs is 1. The molecule has 0 bridgehead atoms. The van der Waals surface area contributed by atoms with E-state index < -0.39 is 0 Å². The third-order valence-corrected chi connectivity index (χ3v) is 4.60. The summed E-state index contributed by atoms with van der Waals surface area (Å²) in [5.74, 6) is 0.639. The van der Waals surface area contributed by atoms with Gasteiger partial charge in [-0.25, -0.2) is 4.98 Å². The number of H-pyrrole nitrogens is 1. The molecule has 2 N–H and O–H groups in total. The smallest absolute Gasteiger partial charge is 0.257 e. The first kappa shape index (κ1) is 15.5. The zero-order chi connectivity index (χ0) is 17.2. The zero-order valence-corrected chi connectivity index (χ0v) is 14.3. The van der Waals surface area contributed by atoms with Crippen LogP contribution in [0.25, 0.3) is 11.0 Å². The van der Waals surface area contributed by atoms with Gasteiger partial charge in [0.2, 0.25) is 5.13 Å². The average Bonchev–Trinajstić information content (AvgIpc) is 3.21. The van der Waals surface area contributed by atoms with Crippen LogP contribution in [0.1, 0.15) is 26.8 Å². The number of hydrogen-bond acceptors (Lipinski definition) is 5. The number of rotatable bonds is 4. The molecule has 4 aromatic rings. The summed E-state index contributed by atoms with van der Waals surface area (Å²) in [5.41, 5.74) is 3.63. The Labute approximate surface area is 148 Å². The highest BCUT2D eigenvalue weighted by molar-refractivity contribution is 7.15. The molecule has 0 fully saturated rings. The van der Waals surface area contributed by atoms with Gasteiger partial charge in [0.1, 0.15) is 10.8 Å². The van der Waals surface area contributed by atoms with Gasteiger partial charge in [-0.2, -0.15) is 0 Å². The van der Waals surface area contributed by atoms with E-state index in [1.165, 1.54) is 11.3 Å². The number of para-hydroxylation sites is 2. The molecular formula is C18H15N5OS. The van der Waals surface area contributed by atoms with Crippen molar-refractivity contribution < 1.29 is 4.79 Å². The molecule has 0 aliphatic rings. The largest absolute Gasteiger partial charge is 0.342 e. The van der Waals surface area contributed by atoms with Crippen LogP contribution in [0.4, 0.5) is 5.13 Å². The number of carbonyl (C=O) groups is 1. The van der Waals surface area contributed by atoms with E-state index in [2.05, 4.69) is 25.5 Å². The Hall–Kier alpha value is -3.06. The molecule has 0 radical (unpaired) electrons. The SMILES string of the molecule is Cc1ccc(C(=O)Nc2nnc(Cc3nc4ccccc4[nH]3)s2)cc1. The molecule has 124 valence electrons. The summed E-state index contributed by atoms with van der Waals surface area (Å²) in [5, 5.41) is 12.2. The molecule has 0 atom stereocenters. The van der Waals surface area contributed by atoms with Crippen LogP contribution in [0.2, 0.25) is 0 Å². The summed E-state index contributed by atoms with van der Waals surface area (Å²) < 4.78 is 0. The number of hydrogen-bond donors (Lipinski definition) is 2. The van der Waals surface area contributed by atoms with Crippen LogP contribution in [0.3, 0.4) is 0 Å². The molecule has 2 aromatic carbocycles. The van der Waals surface area contributed by atoms with E-state index in [-0.39, 0.29) is 5.91 Å². The lowest BCUT2D eigenvalue weighted by atomic mass is 10.1. The number of benzene rings is 2. The number of nitrogens with one attached hydrogen (secondary N) is 2. The first-order chi connectivity index (χ1) is 12.2. The molecule has 2 aromatic heterocycles. The predicted octanol–water partition coefficient (Wildman–Crippen LogP) is 3.57. The summed E-state index contributed by atoms with van der Waals surface area (Å²) in [6.07, 6.45) is 0.548. The van der Waals surface area contributed by atoms with Gasteiger partial charge in [-0.15, -0.1) is 10.2 Å². The maximum Gasteiger partial charge on any atom is 0.257 e. The summed E-state index contributed by atoms with van der Waals surface area (Å²) >= 11 is 1.35.